The number of hydrogen-bond donors (Lipinski definition) is 1. The highest BCUT2D eigenvalue weighted by Gasteiger charge is 2.34. The second-order valence-corrected chi connectivity index (χ2v) is 7.87. The first-order chi connectivity index (χ1) is 10.9. The second kappa shape index (κ2) is 8.18. The standard InChI is InChI=1S/C14H26N4O4S/c1-4-5-11-8-18(9-12(11)17-23(3,19)20)10-14-15-13(16-22-14)6-7-21-2/h11-12,17H,4-10H2,1-3H3/t11-,12-/m1/s1. The van der Waals surface area contributed by atoms with Crippen molar-refractivity contribution in [2.75, 3.05) is 33.1 Å². The minimum Gasteiger partial charge on any atom is -0.384 e. The number of methoxy groups -OCH3 is 1. The van der Waals surface area contributed by atoms with Crippen LogP contribution in [0.2, 0.25) is 0 Å². The van der Waals surface area contributed by atoms with Crippen molar-refractivity contribution in [2.45, 2.75) is 38.8 Å². The zero-order valence-corrected chi connectivity index (χ0v) is 14.8. The number of aromatic nitrogens is 2. The predicted octanol–water partition coefficient (Wildman–Crippen LogP) is 0.408. The summed E-state index contributed by atoms with van der Waals surface area (Å²) in [5.41, 5.74) is 0. The lowest BCUT2D eigenvalue weighted by Gasteiger charge is -2.17. The van der Waals surface area contributed by atoms with E-state index < -0.39 is 10.0 Å². The summed E-state index contributed by atoms with van der Waals surface area (Å²) in [6, 6.07) is -0.0548. The number of ether oxygens (including phenoxy) is 1. The number of likely N-dealkylation sites (tertiary alicyclic amines) is 1. The molecule has 1 aromatic heterocycles. The van der Waals surface area contributed by atoms with Crippen LogP contribution in [0.5, 0.6) is 0 Å². The minimum atomic E-state index is -3.20. The SMILES string of the molecule is CCC[C@@H]1CN(Cc2nc(CCOC)no2)C[C@H]1NS(C)(=O)=O. The normalized spacial score (nSPS) is 22.7. The zero-order valence-electron chi connectivity index (χ0n) is 14.0. The molecule has 1 N–H and O–H groups in total. The Labute approximate surface area is 137 Å². The fourth-order valence-corrected chi connectivity index (χ4v) is 3.82. The molecule has 1 saturated heterocycles. The van der Waals surface area contributed by atoms with Gasteiger partial charge in [0.15, 0.2) is 5.82 Å². The second-order valence-electron chi connectivity index (χ2n) is 6.09. The fraction of sp³-hybridized carbons (Fsp3) is 0.857. The average molecular weight is 346 g/mol. The Morgan fingerprint density at radius 2 is 2.22 bits per heavy atom. The van der Waals surface area contributed by atoms with E-state index in [2.05, 4.69) is 26.7 Å². The van der Waals surface area contributed by atoms with Crippen molar-refractivity contribution in [1.82, 2.24) is 19.8 Å². The van der Waals surface area contributed by atoms with Crippen LogP contribution in [-0.2, 0) is 27.7 Å². The molecule has 0 spiro atoms. The van der Waals surface area contributed by atoms with Crippen LogP contribution >= 0.6 is 0 Å². The monoisotopic (exact) mass is 346 g/mol. The van der Waals surface area contributed by atoms with Gasteiger partial charge in [-0.2, -0.15) is 4.98 Å². The zero-order chi connectivity index (χ0) is 16.9. The number of nitrogens with zero attached hydrogens (tertiary/aromatic N) is 3. The minimum absolute atomic E-state index is 0.0548. The molecule has 132 valence electrons. The van der Waals surface area contributed by atoms with Crippen molar-refractivity contribution < 1.29 is 17.7 Å². The van der Waals surface area contributed by atoms with Crippen molar-refractivity contribution in [2.24, 2.45) is 5.92 Å². The third-order valence-electron chi connectivity index (χ3n) is 3.94. The quantitative estimate of drug-likeness (QED) is 0.691. The van der Waals surface area contributed by atoms with Crippen LogP contribution < -0.4 is 4.72 Å². The van der Waals surface area contributed by atoms with Crippen molar-refractivity contribution in [3.05, 3.63) is 11.7 Å². The van der Waals surface area contributed by atoms with Gasteiger partial charge in [-0.3, -0.25) is 4.90 Å². The maximum Gasteiger partial charge on any atom is 0.240 e. The molecule has 8 nitrogen and oxygen atoms in total. The third kappa shape index (κ3) is 5.83. The highest BCUT2D eigenvalue weighted by molar-refractivity contribution is 7.88. The van der Waals surface area contributed by atoms with E-state index in [1.807, 2.05) is 0 Å². The average Bonchev–Trinajstić information content (AvgIpc) is 3.03. The van der Waals surface area contributed by atoms with Gasteiger partial charge in [0.25, 0.3) is 0 Å². The number of hydrogen-bond acceptors (Lipinski definition) is 7. The Balaban J connectivity index is 1.94. The van der Waals surface area contributed by atoms with Gasteiger partial charge in [0.05, 0.1) is 19.4 Å². The molecule has 1 aromatic rings. The molecular weight excluding hydrogens is 320 g/mol. The van der Waals surface area contributed by atoms with Gasteiger partial charge in [-0.25, -0.2) is 13.1 Å². The lowest BCUT2D eigenvalue weighted by atomic mass is 9.99. The maximum atomic E-state index is 11.5. The van der Waals surface area contributed by atoms with Gasteiger partial charge in [-0.1, -0.05) is 18.5 Å². The van der Waals surface area contributed by atoms with Crippen molar-refractivity contribution in [1.29, 1.82) is 0 Å². The molecule has 0 aromatic carbocycles. The molecular formula is C14H26N4O4S. The first-order valence-electron chi connectivity index (χ1n) is 7.91. The lowest BCUT2D eigenvalue weighted by Crippen LogP contribution is -2.39. The van der Waals surface area contributed by atoms with E-state index in [-0.39, 0.29) is 6.04 Å². The van der Waals surface area contributed by atoms with Gasteiger partial charge in [-0.05, 0) is 12.3 Å². The summed E-state index contributed by atoms with van der Waals surface area (Å²) >= 11 is 0. The molecule has 2 heterocycles. The van der Waals surface area contributed by atoms with Crippen LogP contribution in [0, 0.1) is 5.92 Å². The van der Waals surface area contributed by atoms with Gasteiger partial charge < -0.3 is 9.26 Å². The Morgan fingerprint density at radius 3 is 2.87 bits per heavy atom. The van der Waals surface area contributed by atoms with Crippen LogP contribution in [0.15, 0.2) is 4.52 Å². The molecule has 0 unspecified atom stereocenters. The molecule has 0 aliphatic carbocycles. The Bertz CT molecular complexity index is 589. The largest absolute Gasteiger partial charge is 0.384 e. The van der Waals surface area contributed by atoms with E-state index in [1.54, 1.807) is 7.11 Å². The summed E-state index contributed by atoms with van der Waals surface area (Å²) in [6.45, 7) is 4.70. The van der Waals surface area contributed by atoms with Crippen LogP contribution in [0.3, 0.4) is 0 Å². The predicted molar refractivity (Wildman–Crippen MR) is 85.3 cm³/mol. The highest BCUT2D eigenvalue weighted by Crippen LogP contribution is 2.23. The molecule has 1 fully saturated rings. The molecule has 1 aliphatic heterocycles. The van der Waals surface area contributed by atoms with E-state index in [1.165, 1.54) is 6.26 Å². The highest BCUT2D eigenvalue weighted by atomic mass is 32.2. The molecule has 0 amide bonds. The molecule has 2 rings (SSSR count). The third-order valence-corrected chi connectivity index (χ3v) is 4.67. The number of sulfonamides is 1. The van der Waals surface area contributed by atoms with Gasteiger partial charge in [0.1, 0.15) is 0 Å². The summed E-state index contributed by atoms with van der Waals surface area (Å²) in [6.07, 6.45) is 3.85. The van der Waals surface area contributed by atoms with Gasteiger partial charge in [0.2, 0.25) is 15.9 Å². The number of nitrogens with one attached hydrogen (secondary N) is 1. The van der Waals surface area contributed by atoms with E-state index in [9.17, 15) is 8.42 Å². The summed E-state index contributed by atoms with van der Waals surface area (Å²) in [5.74, 6) is 1.51. The van der Waals surface area contributed by atoms with E-state index in [0.717, 1.165) is 19.4 Å². The van der Waals surface area contributed by atoms with E-state index >= 15 is 0 Å². The molecule has 0 radical (unpaired) electrons. The van der Waals surface area contributed by atoms with Crippen LogP contribution in [0.4, 0.5) is 0 Å². The maximum absolute atomic E-state index is 11.5. The Kier molecular flexibility index (Phi) is 6.51. The number of rotatable bonds is 9. The first-order valence-corrected chi connectivity index (χ1v) is 9.80. The van der Waals surface area contributed by atoms with E-state index in [0.29, 0.717) is 43.8 Å². The van der Waals surface area contributed by atoms with Crippen LogP contribution in [0.1, 0.15) is 31.5 Å². The molecule has 9 heteroatoms. The Hall–Kier alpha value is -1.03. The van der Waals surface area contributed by atoms with Crippen LogP contribution in [0.25, 0.3) is 0 Å². The summed E-state index contributed by atoms with van der Waals surface area (Å²) in [5, 5.41) is 3.93. The topological polar surface area (TPSA) is 97.6 Å². The summed E-state index contributed by atoms with van der Waals surface area (Å²) < 4.78 is 36.0. The molecule has 0 bridgehead atoms. The van der Waals surface area contributed by atoms with Crippen molar-refractivity contribution in [3.63, 3.8) is 0 Å². The van der Waals surface area contributed by atoms with Crippen molar-refractivity contribution in [3.8, 4) is 0 Å². The fourth-order valence-electron chi connectivity index (χ4n) is 3.00. The first kappa shape index (κ1) is 18.3. The summed E-state index contributed by atoms with van der Waals surface area (Å²) in [7, 11) is -1.57. The molecule has 0 saturated carbocycles. The molecule has 23 heavy (non-hydrogen) atoms. The van der Waals surface area contributed by atoms with Gasteiger partial charge in [0, 0.05) is 32.7 Å². The van der Waals surface area contributed by atoms with Gasteiger partial charge >= 0.3 is 0 Å². The van der Waals surface area contributed by atoms with Gasteiger partial charge in [-0.15, -0.1) is 0 Å². The van der Waals surface area contributed by atoms with Crippen LogP contribution in [-0.4, -0.2) is 62.6 Å². The summed E-state index contributed by atoms with van der Waals surface area (Å²) in [4.78, 5) is 6.51. The van der Waals surface area contributed by atoms with E-state index in [4.69, 9.17) is 9.26 Å². The lowest BCUT2D eigenvalue weighted by molar-refractivity contribution is 0.199. The van der Waals surface area contributed by atoms with Crippen molar-refractivity contribution >= 4 is 10.0 Å². The Morgan fingerprint density at radius 1 is 1.43 bits per heavy atom. The smallest absolute Gasteiger partial charge is 0.240 e. The molecule has 2 atom stereocenters. The molecule has 1 aliphatic rings.